The molecule has 0 spiro atoms. The SMILES string of the molecule is CCC(Cc1cccc2ccc(OC)cc12)NC. The Morgan fingerprint density at radius 2 is 2.06 bits per heavy atom. The molecule has 0 aliphatic rings. The van der Waals surface area contributed by atoms with Crippen LogP contribution in [0.25, 0.3) is 10.8 Å². The van der Waals surface area contributed by atoms with Gasteiger partial charge in [0.2, 0.25) is 0 Å². The summed E-state index contributed by atoms with van der Waals surface area (Å²) in [6.45, 7) is 2.22. The Morgan fingerprint density at radius 3 is 2.72 bits per heavy atom. The van der Waals surface area contributed by atoms with Gasteiger partial charge in [0.05, 0.1) is 7.11 Å². The van der Waals surface area contributed by atoms with Crippen LogP contribution in [0.2, 0.25) is 0 Å². The molecule has 2 rings (SSSR count). The van der Waals surface area contributed by atoms with Crippen LogP contribution >= 0.6 is 0 Å². The lowest BCUT2D eigenvalue weighted by Crippen LogP contribution is -2.26. The van der Waals surface area contributed by atoms with Gasteiger partial charge in [-0.05, 0) is 48.4 Å². The Bertz CT molecular complexity index is 517. The summed E-state index contributed by atoms with van der Waals surface area (Å²) in [5.41, 5.74) is 1.38. The van der Waals surface area contributed by atoms with Crippen molar-refractivity contribution in [3.05, 3.63) is 42.0 Å². The molecule has 18 heavy (non-hydrogen) atoms. The van der Waals surface area contributed by atoms with Crippen molar-refractivity contribution < 1.29 is 4.74 Å². The van der Waals surface area contributed by atoms with E-state index in [1.165, 1.54) is 16.3 Å². The van der Waals surface area contributed by atoms with Gasteiger partial charge in [-0.3, -0.25) is 0 Å². The van der Waals surface area contributed by atoms with Crippen molar-refractivity contribution in [2.24, 2.45) is 0 Å². The number of methoxy groups -OCH3 is 1. The molecular formula is C16H21NO. The predicted octanol–water partition coefficient (Wildman–Crippen LogP) is 3.39. The summed E-state index contributed by atoms with van der Waals surface area (Å²) in [5, 5.41) is 5.94. The first-order valence-electron chi connectivity index (χ1n) is 6.51. The van der Waals surface area contributed by atoms with Gasteiger partial charge in [0.25, 0.3) is 0 Å². The lowest BCUT2D eigenvalue weighted by molar-refractivity contribution is 0.415. The van der Waals surface area contributed by atoms with Crippen LogP contribution in [0.3, 0.4) is 0 Å². The number of fused-ring (bicyclic) bond motifs is 1. The molecular weight excluding hydrogens is 222 g/mol. The van der Waals surface area contributed by atoms with Crippen molar-refractivity contribution in [1.82, 2.24) is 5.32 Å². The van der Waals surface area contributed by atoms with Crippen LogP contribution in [-0.2, 0) is 6.42 Å². The van der Waals surface area contributed by atoms with Crippen LogP contribution in [-0.4, -0.2) is 20.2 Å². The first-order chi connectivity index (χ1) is 8.78. The second kappa shape index (κ2) is 5.87. The Balaban J connectivity index is 2.42. The Hall–Kier alpha value is -1.54. The maximum Gasteiger partial charge on any atom is 0.119 e. The molecule has 0 heterocycles. The van der Waals surface area contributed by atoms with Crippen molar-refractivity contribution in [1.29, 1.82) is 0 Å². The molecule has 0 aliphatic heterocycles. The number of hydrogen-bond donors (Lipinski definition) is 1. The van der Waals surface area contributed by atoms with E-state index in [9.17, 15) is 0 Å². The highest BCUT2D eigenvalue weighted by Crippen LogP contribution is 2.25. The van der Waals surface area contributed by atoms with Crippen LogP contribution in [0.4, 0.5) is 0 Å². The number of ether oxygens (including phenoxy) is 1. The Labute approximate surface area is 109 Å². The first kappa shape index (κ1) is 12.9. The fourth-order valence-electron chi connectivity index (χ4n) is 2.34. The summed E-state index contributed by atoms with van der Waals surface area (Å²) < 4.78 is 5.32. The van der Waals surface area contributed by atoms with E-state index >= 15 is 0 Å². The Morgan fingerprint density at radius 1 is 1.22 bits per heavy atom. The molecule has 1 unspecified atom stereocenters. The topological polar surface area (TPSA) is 21.3 Å². The third kappa shape index (κ3) is 2.65. The standard InChI is InChI=1S/C16H21NO/c1-4-14(17-2)10-13-7-5-6-12-8-9-15(18-3)11-16(12)13/h5-9,11,14,17H,4,10H2,1-3H3. The zero-order valence-corrected chi connectivity index (χ0v) is 11.4. The summed E-state index contributed by atoms with van der Waals surface area (Å²) in [7, 11) is 3.74. The number of likely N-dealkylation sites (N-methyl/N-ethyl adjacent to an activating group) is 1. The predicted molar refractivity (Wildman–Crippen MR) is 77.3 cm³/mol. The highest BCUT2D eigenvalue weighted by molar-refractivity contribution is 5.87. The zero-order chi connectivity index (χ0) is 13.0. The minimum atomic E-state index is 0.529. The quantitative estimate of drug-likeness (QED) is 0.869. The molecule has 0 aromatic heterocycles. The minimum absolute atomic E-state index is 0.529. The van der Waals surface area contributed by atoms with Crippen LogP contribution in [0.5, 0.6) is 5.75 Å². The fraction of sp³-hybridized carbons (Fsp3) is 0.375. The second-order valence-electron chi connectivity index (χ2n) is 4.60. The highest BCUT2D eigenvalue weighted by atomic mass is 16.5. The van der Waals surface area contributed by atoms with Crippen molar-refractivity contribution >= 4 is 10.8 Å². The lowest BCUT2D eigenvalue weighted by atomic mass is 9.97. The summed E-state index contributed by atoms with van der Waals surface area (Å²) in [5.74, 6) is 0.924. The summed E-state index contributed by atoms with van der Waals surface area (Å²) >= 11 is 0. The molecule has 0 fully saturated rings. The van der Waals surface area contributed by atoms with E-state index in [0.717, 1.165) is 18.6 Å². The molecule has 1 atom stereocenters. The molecule has 0 aliphatic carbocycles. The van der Waals surface area contributed by atoms with Crippen LogP contribution < -0.4 is 10.1 Å². The van der Waals surface area contributed by atoms with E-state index in [1.54, 1.807) is 7.11 Å². The molecule has 0 saturated heterocycles. The van der Waals surface area contributed by atoms with Gasteiger partial charge < -0.3 is 10.1 Å². The van der Waals surface area contributed by atoms with E-state index in [4.69, 9.17) is 4.74 Å². The number of nitrogens with one attached hydrogen (secondary N) is 1. The maximum atomic E-state index is 5.32. The van der Waals surface area contributed by atoms with Gasteiger partial charge in [0.1, 0.15) is 5.75 Å². The van der Waals surface area contributed by atoms with E-state index in [-0.39, 0.29) is 0 Å². The van der Waals surface area contributed by atoms with E-state index < -0.39 is 0 Å². The third-order valence-corrected chi connectivity index (χ3v) is 3.55. The van der Waals surface area contributed by atoms with Gasteiger partial charge in [0.15, 0.2) is 0 Å². The molecule has 0 amide bonds. The van der Waals surface area contributed by atoms with Crippen molar-refractivity contribution in [3.8, 4) is 5.75 Å². The largest absolute Gasteiger partial charge is 0.497 e. The minimum Gasteiger partial charge on any atom is -0.497 e. The van der Waals surface area contributed by atoms with Gasteiger partial charge in [-0.15, -0.1) is 0 Å². The highest BCUT2D eigenvalue weighted by Gasteiger charge is 2.08. The molecule has 0 bridgehead atoms. The van der Waals surface area contributed by atoms with Gasteiger partial charge in [-0.2, -0.15) is 0 Å². The molecule has 0 radical (unpaired) electrons. The van der Waals surface area contributed by atoms with Gasteiger partial charge in [-0.1, -0.05) is 31.2 Å². The van der Waals surface area contributed by atoms with Crippen molar-refractivity contribution in [2.45, 2.75) is 25.8 Å². The smallest absolute Gasteiger partial charge is 0.119 e. The van der Waals surface area contributed by atoms with Crippen LogP contribution in [0.1, 0.15) is 18.9 Å². The second-order valence-corrected chi connectivity index (χ2v) is 4.60. The van der Waals surface area contributed by atoms with E-state index in [0.29, 0.717) is 6.04 Å². The Kier molecular flexibility index (Phi) is 4.21. The molecule has 0 saturated carbocycles. The summed E-state index contributed by atoms with van der Waals surface area (Å²) in [6.07, 6.45) is 2.19. The summed E-state index contributed by atoms with van der Waals surface area (Å²) in [6, 6.07) is 13.3. The zero-order valence-electron chi connectivity index (χ0n) is 11.4. The van der Waals surface area contributed by atoms with Crippen molar-refractivity contribution in [2.75, 3.05) is 14.2 Å². The van der Waals surface area contributed by atoms with E-state index in [2.05, 4.69) is 42.6 Å². The number of hydrogen-bond acceptors (Lipinski definition) is 2. The van der Waals surface area contributed by atoms with Crippen molar-refractivity contribution in [3.63, 3.8) is 0 Å². The lowest BCUT2D eigenvalue weighted by Gasteiger charge is -2.15. The average Bonchev–Trinajstić information content (AvgIpc) is 2.44. The molecule has 96 valence electrons. The third-order valence-electron chi connectivity index (χ3n) is 3.55. The van der Waals surface area contributed by atoms with E-state index in [1.807, 2.05) is 13.1 Å². The van der Waals surface area contributed by atoms with Crippen LogP contribution in [0, 0.1) is 0 Å². The molecule has 2 heteroatoms. The first-order valence-corrected chi connectivity index (χ1v) is 6.51. The summed E-state index contributed by atoms with van der Waals surface area (Å²) in [4.78, 5) is 0. The monoisotopic (exact) mass is 243 g/mol. The fourth-order valence-corrected chi connectivity index (χ4v) is 2.34. The molecule has 2 nitrogen and oxygen atoms in total. The molecule has 1 N–H and O–H groups in total. The van der Waals surface area contributed by atoms with Gasteiger partial charge in [0, 0.05) is 6.04 Å². The maximum absolute atomic E-state index is 5.32. The normalized spacial score (nSPS) is 12.6. The number of benzene rings is 2. The average molecular weight is 243 g/mol. The van der Waals surface area contributed by atoms with Gasteiger partial charge in [-0.25, -0.2) is 0 Å². The molecule has 2 aromatic carbocycles. The van der Waals surface area contributed by atoms with Gasteiger partial charge >= 0.3 is 0 Å². The number of rotatable bonds is 5. The molecule has 2 aromatic rings. The van der Waals surface area contributed by atoms with Crippen LogP contribution in [0.15, 0.2) is 36.4 Å².